The standard InChI is InChI=1S/C18H16BrN3O2/c19-14-4-3-5-15(11-14)21-18(23)13(12-20)10-16-6-7-17(24-16)22-8-1-2-9-22/h3-7,10-11H,1-2,8-9H2,(H,21,23)/b13-10-. The molecule has 1 N–H and O–H groups in total. The van der Waals surface area contributed by atoms with Crippen molar-refractivity contribution in [1.29, 1.82) is 5.26 Å². The van der Waals surface area contributed by atoms with Crippen molar-refractivity contribution in [2.75, 3.05) is 23.3 Å². The number of rotatable bonds is 4. The summed E-state index contributed by atoms with van der Waals surface area (Å²) in [6.45, 7) is 1.95. The zero-order chi connectivity index (χ0) is 16.9. The molecule has 1 aliphatic rings. The third kappa shape index (κ3) is 3.87. The number of furan rings is 1. The van der Waals surface area contributed by atoms with Gasteiger partial charge in [-0.15, -0.1) is 0 Å². The van der Waals surface area contributed by atoms with E-state index in [1.165, 1.54) is 6.08 Å². The molecule has 5 nitrogen and oxygen atoms in total. The van der Waals surface area contributed by atoms with Gasteiger partial charge >= 0.3 is 0 Å². The summed E-state index contributed by atoms with van der Waals surface area (Å²) in [5.41, 5.74) is 0.616. The summed E-state index contributed by atoms with van der Waals surface area (Å²) in [5.74, 6) is 0.816. The Labute approximate surface area is 148 Å². The van der Waals surface area contributed by atoms with Crippen molar-refractivity contribution >= 4 is 39.5 Å². The Morgan fingerprint density at radius 1 is 1.29 bits per heavy atom. The highest BCUT2D eigenvalue weighted by atomic mass is 79.9. The normalized spacial score (nSPS) is 14.5. The molecule has 1 fully saturated rings. The summed E-state index contributed by atoms with van der Waals surface area (Å²) < 4.78 is 6.58. The Kier molecular flexibility index (Phi) is 5.02. The van der Waals surface area contributed by atoms with E-state index in [0.29, 0.717) is 11.4 Å². The van der Waals surface area contributed by atoms with Crippen molar-refractivity contribution in [2.24, 2.45) is 0 Å². The molecule has 2 heterocycles. The zero-order valence-corrected chi connectivity index (χ0v) is 14.5. The SMILES string of the molecule is N#C/C(=C/c1ccc(N2CCCC2)o1)C(=O)Nc1cccc(Br)c1. The minimum Gasteiger partial charge on any atom is -0.441 e. The maximum absolute atomic E-state index is 12.3. The zero-order valence-electron chi connectivity index (χ0n) is 13.0. The van der Waals surface area contributed by atoms with Crippen LogP contribution in [0.4, 0.5) is 11.6 Å². The van der Waals surface area contributed by atoms with Gasteiger partial charge in [0.1, 0.15) is 17.4 Å². The van der Waals surface area contributed by atoms with Gasteiger partial charge in [0.25, 0.3) is 5.91 Å². The minimum atomic E-state index is -0.463. The van der Waals surface area contributed by atoms with Gasteiger partial charge in [-0.25, -0.2) is 0 Å². The summed E-state index contributed by atoms with van der Waals surface area (Å²) in [7, 11) is 0. The summed E-state index contributed by atoms with van der Waals surface area (Å²) in [6, 6.07) is 12.8. The number of hydrogen-bond acceptors (Lipinski definition) is 4. The Morgan fingerprint density at radius 2 is 2.08 bits per heavy atom. The van der Waals surface area contributed by atoms with Gasteiger partial charge in [-0.05, 0) is 37.1 Å². The number of amides is 1. The average Bonchev–Trinajstić information content (AvgIpc) is 3.23. The van der Waals surface area contributed by atoms with Gasteiger partial charge in [0.05, 0.1) is 0 Å². The molecule has 0 bridgehead atoms. The highest BCUT2D eigenvalue weighted by Crippen LogP contribution is 2.24. The number of nitrogens with zero attached hydrogens (tertiary/aromatic N) is 2. The molecule has 122 valence electrons. The number of anilines is 2. The van der Waals surface area contributed by atoms with Crippen LogP contribution in [0.5, 0.6) is 0 Å². The largest absolute Gasteiger partial charge is 0.441 e. The smallest absolute Gasteiger partial charge is 0.266 e. The molecule has 0 aliphatic carbocycles. The molecule has 1 aromatic carbocycles. The van der Waals surface area contributed by atoms with Crippen LogP contribution >= 0.6 is 15.9 Å². The molecule has 1 saturated heterocycles. The second-order valence-corrected chi connectivity index (χ2v) is 6.42. The molecule has 0 spiro atoms. The molecule has 2 aromatic rings. The summed E-state index contributed by atoms with van der Waals surface area (Å²) in [4.78, 5) is 14.4. The van der Waals surface area contributed by atoms with E-state index in [9.17, 15) is 10.1 Å². The number of halogens is 1. The van der Waals surface area contributed by atoms with E-state index < -0.39 is 5.91 Å². The van der Waals surface area contributed by atoms with Gasteiger partial charge in [-0.1, -0.05) is 22.0 Å². The van der Waals surface area contributed by atoms with Crippen LogP contribution in [0.2, 0.25) is 0 Å². The van der Waals surface area contributed by atoms with Crippen LogP contribution in [0.1, 0.15) is 18.6 Å². The van der Waals surface area contributed by atoms with Crippen LogP contribution in [-0.4, -0.2) is 19.0 Å². The summed E-state index contributed by atoms with van der Waals surface area (Å²) in [6.07, 6.45) is 3.78. The fraction of sp³-hybridized carbons (Fsp3) is 0.222. The Hall–Kier alpha value is -2.52. The molecule has 1 amide bonds. The van der Waals surface area contributed by atoms with E-state index in [0.717, 1.165) is 36.3 Å². The molecular formula is C18H16BrN3O2. The minimum absolute atomic E-state index is 0.00250. The van der Waals surface area contributed by atoms with Crippen molar-refractivity contribution < 1.29 is 9.21 Å². The molecule has 0 atom stereocenters. The quantitative estimate of drug-likeness (QED) is 0.632. The van der Waals surface area contributed by atoms with Crippen LogP contribution in [0.3, 0.4) is 0 Å². The second-order valence-electron chi connectivity index (χ2n) is 5.50. The van der Waals surface area contributed by atoms with Gasteiger partial charge < -0.3 is 14.6 Å². The Bertz CT molecular complexity index is 814. The number of hydrogen-bond donors (Lipinski definition) is 1. The number of benzene rings is 1. The van der Waals surface area contributed by atoms with Gasteiger partial charge in [0.2, 0.25) is 0 Å². The van der Waals surface area contributed by atoms with Crippen LogP contribution < -0.4 is 10.2 Å². The molecule has 1 aromatic heterocycles. The lowest BCUT2D eigenvalue weighted by Crippen LogP contribution is -2.16. The third-order valence-corrected chi connectivity index (χ3v) is 4.26. The van der Waals surface area contributed by atoms with Gasteiger partial charge in [0.15, 0.2) is 5.88 Å². The second kappa shape index (κ2) is 7.37. The van der Waals surface area contributed by atoms with Crippen LogP contribution in [0.25, 0.3) is 6.08 Å². The van der Waals surface area contributed by atoms with E-state index >= 15 is 0 Å². The molecule has 0 radical (unpaired) electrons. The molecule has 3 rings (SSSR count). The fourth-order valence-corrected chi connectivity index (χ4v) is 2.98. The molecule has 24 heavy (non-hydrogen) atoms. The molecule has 0 saturated carbocycles. The first-order valence-corrected chi connectivity index (χ1v) is 8.48. The number of nitrogens with one attached hydrogen (secondary N) is 1. The lowest BCUT2D eigenvalue weighted by Gasteiger charge is -2.12. The van der Waals surface area contributed by atoms with Gasteiger partial charge in [-0.3, -0.25) is 4.79 Å². The van der Waals surface area contributed by atoms with Crippen molar-refractivity contribution in [2.45, 2.75) is 12.8 Å². The first kappa shape index (κ1) is 16.3. The maximum Gasteiger partial charge on any atom is 0.266 e. The lowest BCUT2D eigenvalue weighted by atomic mass is 10.2. The maximum atomic E-state index is 12.3. The van der Waals surface area contributed by atoms with Crippen LogP contribution in [0, 0.1) is 11.3 Å². The Morgan fingerprint density at radius 3 is 2.79 bits per heavy atom. The van der Waals surface area contributed by atoms with Crippen molar-refractivity contribution in [1.82, 2.24) is 0 Å². The van der Waals surface area contributed by atoms with Crippen molar-refractivity contribution in [3.63, 3.8) is 0 Å². The first-order valence-electron chi connectivity index (χ1n) is 7.69. The highest BCUT2D eigenvalue weighted by molar-refractivity contribution is 9.10. The first-order chi connectivity index (χ1) is 11.7. The molecule has 0 unspecified atom stereocenters. The van der Waals surface area contributed by atoms with Gasteiger partial charge in [-0.2, -0.15) is 5.26 Å². The van der Waals surface area contributed by atoms with E-state index in [1.54, 1.807) is 18.2 Å². The average molecular weight is 386 g/mol. The lowest BCUT2D eigenvalue weighted by molar-refractivity contribution is -0.112. The molecule has 6 heteroatoms. The Balaban J connectivity index is 1.74. The van der Waals surface area contributed by atoms with Crippen molar-refractivity contribution in [3.05, 3.63) is 52.2 Å². The van der Waals surface area contributed by atoms with Gasteiger partial charge in [0, 0.05) is 35.4 Å². The number of carbonyl (C=O) groups is 1. The van der Waals surface area contributed by atoms with E-state index in [1.807, 2.05) is 24.3 Å². The topological polar surface area (TPSA) is 69.3 Å². The van der Waals surface area contributed by atoms with E-state index in [2.05, 4.69) is 26.1 Å². The fourth-order valence-electron chi connectivity index (χ4n) is 2.58. The molecule has 1 aliphatic heterocycles. The van der Waals surface area contributed by atoms with Crippen LogP contribution in [-0.2, 0) is 4.79 Å². The monoisotopic (exact) mass is 385 g/mol. The van der Waals surface area contributed by atoms with E-state index in [4.69, 9.17) is 4.42 Å². The predicted octanol–water partition coefficient (Wildman–Crippen LogP) is 4.19. The van der Waals surface area contributed by atoms with Crippen LogP contribution in [0.15, 0.2) is 50.9 Å². The number of carbonyl (C=O) groups excluding carboxylic acids is 1. The predicted molar refractivity (Wildman–Crippen MR) is 96.5 cm³/mol. The summed E-state index contributed by atoms with van der Waals surface area (Å²) >= 11 is 3.34. The highest BCUT2D eigenvalue weighted by Gasteiger charge is 2.16. The number of nitriles is 1. The summed E-state index contributed by atoms with van der Waals surface area (Å²) in [5, 5.41) is 12.0. The van der Waals surface area contributed by atoms with E-state index in [-0.39, 0.29) is 5.57 Å². The molecular weight excluding hydrogens is 370 g/mol. The third-order valence-electron chi connectivity index (χ3n) is 3.76. The van der Waals surface area contributed by atoms with Crippen molar-refractivity contribution in [3.8, 4) is 6.07 Å².